The summed E-state index contributed by atoms with van der Waals surface area (Å²) in [5, 5.41) is 0. The van der Waals surface area contributed by atoms with Crippen LogP contribution in [-0.2, 0) is 6.42 Å². The van der Waals surface area contributed by atoms with Gasteiger partial charge in [-0.15, -0.1) is 0 Å². The molecule has 0 fully saturated rings. The van der Waals surface area contributed by atoms with Gasteiger partial charge in [-0.2, -0.15) is 0 Å². The first-order chi connectivity index (χ1) is 9.66. The minimum absolute atomic E-state index is 0.0217. The molecule has 3 heteroatoms. The Hall–Kier alpha value is -1.87. The van der Waals surface area contributed by atoms with E-state index in [4.69, 9.17) is 5.73 Å². The lowest BCUT2D eigenvalue weighted by Gasteiger charge is -2.33. The zero-order valence-electron chi connectivity index (χ0n) is 11.6. The Labute approximate surface area is 119 Å². The van der Waals surface area contributed by atoms with Crippen molar-refractivity contribution in [3.63, 3.8) is 0 Å². The molecular formula is C17H19FN2. The molecule has 1 aliphatic heterocycles. The molecule has 2 unspecified atom stereocenters. The maximum Gasteiger partial charge on any atom is 0.123 e. The van der Waals surface area contributed by atoms with Gasteiger partial charge in [0.15, 0.2) is 0 Å². The second-order valence-electron chi connectivity index (χ2n) is 5.43. The third-order valence-corrected chi connectivity index (χ3v) is 3.97. The molecule has 2 atom stereocenters. The Morgan fingerprint density at radius 1 is 1.10 bits per heavy atom. The number of fused-ring (bicyclic) bond motifs is 1. The average molecular weight is 270 g/mol. The number of hydrogen-bond donors (Lipinski definition) is 1. The fraction of sp³-hybridized carbons (Fsp3) is 0.294. The van der Waals surface area contributed by atoms with E-state index < -0.39 is 0 Å². The van der Waals surface area contributed by atoms with Crippen molar-refractivity contribution < 1.29 is 4.39 Å². The van der Waals surface area contributed by atoms with Crippen LogP contribution in [0.1, 0.15) is 24.1 Å². The van der Waals surface area contributed by atoms with Crippen molar-refractivity contribution in [3.05, 3.63) is 65.5 Å². The van der Waals surface area contributed by atoms with E-state index >= 15 is 0 Å². The lowest BCUT2D eigenvalue weighted by molar-refractivity contribution is 0.539. The van der Waals surface area contributed by atoms with Crippen molar-refractivity contribution in [2.45, 2.75) is 25.4 Å². The molecule has 3 rings (SSSR count). The number of anilines is 1. The van der Waals surface area contributed by atoms with Crippen molar-refractivity contribution in [2.75, 3.05) is 11.4 Å². The second kappa shape index (κ2) is 5.25. The van der Waals surface area contributed by atoms with Gasteiger partial charge >= 0.3 is 0 Å². The average Bonchev–Trinajstić information content (AvgIpc) is 2.85. The van der Waals surface area contributed by atoms with Gasteiger partial charge in [0.2, 0.25) is 0 Å². The highest BCUT2D eigenvalue weighted by atomic mass is 19.1. The van der Waals surface area contributed by atoms with Crippen molar-refractivity contribution in [2.24, 2.45) is 5.73 Å². The standard InChI is InChI=1S/C17H19FN2/c1-12(19)17(14-6-8-15(18)9-7-14)20-11-10-13-4-2-3-5-16(13)20/h2-9,12,17H,10-11,19H2,1H3. The Bertz CT molecular complexity index is 592. The van der Waals surface area contributed by atoms with E-state index in [2.05, 4.69) is 29.2 Å². The number of para-hydroxylation sites is 1. The molecule has 2 nitrogen and oxygen atoms in total. The zero-order chi connectivity index (χ0) is 14.1. The number of nitrogens with zero attached hydrogens (tertiary/aromatic N) is 1. The summed E-state index contributed by atoms with van der Waals surface area (Å²) in [6.07, 6.45) is 1.04. The molecule has 0 amide bonds. The van der Waals surface area contributed by atoms with Crippen LogP contribution >= 0.6 is 0 Å². The molecule has 2 N–H and O–H groups in total. The second-order valence-corrected chi connectivity index (χ2v) is 5.43. The summed E-state index contributed by atoms with van der Waals surface area (Å²) in [6.45, 7) is 2.97. The predicted molar refractivity (Wildman–Crippen MR) is 80.3 cm³/mol. The highest BCUT2D eigenvalue weighted by Crippen LogP contribution is 2.36. The normalized spacial score (nSPS) is 16.9. The van der Waals surface area contributed by atoms with E-state index in [0.717, 1.165) is 18.5 Å². The minimum atomic E-state index is -0.209. The van der Waals surface area contributed by atoms with Crippen LogP contribution in [0.3, 0.4) is 0 Å². The van der Waals surface area contributed by atoms with Gasteiger partial charge in [-0.3, -0.25) is 0 Å². The van der Waals surface area contributed by atoms with Crippen molar-refractivity contribution in [1.29, 1.82) is 0 Å². The Morgan fingerprint density at radius 3 is 2.50 bits per heavy atom. The van der Waals surface area contributed by atoms with Gasteiger partial charge in [-0.25, -0.2) is 4.39 Å². The lowest BCUT2D eigenvalue weighted by atomic mass is 9.99. The molecule has 2 aromatic carbocycles. The molecule has 0 radical (unpaired) electrons. The van der Waals surface area contributed by atoms with E-state index in [9.17, 15) is 4.39 Å². The van der Waals surface area contributed by atoms with Crippen LogP contribution in [0, 0.1) is 5.82 Å². The van der Waals surface area contributed by atoms with Crippen molar-refractivity contribution >= 4 is 5.69 Å². The first kappa shape index (κ1) is 13.1. The molecule has 0 saturated carbocycles. The summed E-state index contributed by atoms with van der Waals surface area (Å²) in [5.41, 5.74) is 9.89. The van der Waals surface area contributed by atoms with Gasteiger partial charge in [-0.1, -0.05) is 30.3 Å². The number of benzene rings is 2. The van der Waals surface area contributed by atoms with Crippen LogP contribution in [0.25, 0.3) is 0 Å². The third-order valence-electron chi connectivity index (χ3n) is 3.97. The van der Waals surface area contributed by atoms with E-state index in [1.54, 1.807) is 0 Å². The topological polar surface area (TPSA) is 29.3 Å². The van der Waals surface area contributed by atoms with Crippen LogP contribution < -0.4 is 10.6 Å². The number of halogens is 1. The van der Waals surface area contributed by atoms with E-state index in [0.29, 0.717) is 0 Å². The molecule has 1 heterocycles. The summed E-state index contributed by atoms with van der Waals surface area (Å²) >= 11 is 0. The van der Waals surface area contributed by atoms with Gasteiger partial charge in [0.25, 0.3) is 0 Å². The quantitative estimate of drug-likeness (QED) is 0.927. The molecule has 2 aromatic rings. The summed E-state index contributed by atoms with van der Waals surface area (Å²) in [6, 6.07) is 15.2. The molecule has 0 saturated heterocycles. The first-order valence-corrected chi connectivity index (χ1v) is 7.02. The lowest BCUT2D eigenvalue weighted by Crippen LogP contribution is -2.38. The van der Waals surface area contributed by atoms with Gasteiger partial charge < -0.3 is 10.6 Å². The fourth-order valence-corrected chi connectivity index (χ4v) is 3.08. The van der Waals surface area contributed by atoms with E-state index in [1.807, 2.05) is 19.1 Å². The monoisotopic (exact) mass is 270 g/mol. The molecule has 0 spiro atoms. The molecular weight excluding hydrogens is 251 g/mol. The number of rotatable bonds is 3. The maximum atomic E-state index is 13.1. The van der Waals surface area contributed by atoms with Crippen LogP contribution in [0.5, 0.6) is 0 Å². The summed E-state index contributed by atoms with van der Waals surface area (Å²) in [7, 11) is 0. The summed E-state index contributed by atoms with van der Waals surface area (Å²) in [4.78, 5) is 2.34. The van der Waals surface area contributed by atoms with Crippen molar-refractivity contribution in [1.82, 2.24) is 0 Å². The molecule has 20 heavy (non-hydrogen) atoms. The molecule has 0 aliphatic carbocycles. The number of nitrogens with two attached hydrogens (primary N) is 1. The van der Waals surface area contributed by atoms with Gasteiger partial charge in [0.1, 0.15) is 5.82 Å². The summed E-state index contributed by atoms with van der Waals surface area (Å²) < 4.78 is 13.1. The summed E-state index contributed by atoms with van der Waals surface area (Å²) in [5.74, 6) is -0.209. The number of hydrogen-bond acceptors (Lipinski definition) is 2. The van der Waals surface area contributed by atoms with Crippen LogP contribution in [-0.4, -0.2) is 12.6 Å². The Kier molecular flexibility index (Phi) is 3.45. The van der Waals surface area contributed by atoms with E-state index in [1.165, 1.54) is 23.4 Å². The molecule has 1 aliphatic rings. The van der Waals surface area contributed by atoms with Crippen LogP contribution in [0.2, 0.25) is 0 Å². The molecule has 0 aromatic heterocycles. The van der Waals surface area contributed by atoms with Gasteiger partial charge in [0.05, 0.1) is 6.04 Å². The fourth-order valence-electron chi connectivity index (χ4n) is 3.08. The van der Waals surface area contributed by atoms with Gasteiger partial charge in [-0.05, 0) is 42.7 Å². The zero-order valence-corrected chi connectivity index (χ0v) is 11.6. The van der Waals surface area contributed by atoms with Crippen LogP contribution in [0.15, 0.2) is 48.5 Å². The highest BCUT2D eigenvalue weighted by molar-refractivity contribution is 5.59. The SMILES string of the molecule is CC(N)C(c1ccc(F)cc1)N1CCc2ccccc21. The predicted octanol–water partition coefficient (Wildman–Crippen LogP) is 3.28. The van der Waals surface area contributed by atoms with Gasteiger partial charge in [0, 0.05) is 18.3 Å². The maximum absolute atomic E-state index is 13.1. The minimum Gasteiger partial charge on any atom is -0.362 e. The Morgan fingerprint density at radius 2 is 1.80 bits per heavy atom. The highest BCUT2D eigenvalue weighted by Gasteiger charge is 2.29. The van der Waals surface area contributed by atoms with Crippen molar-refractivity contribution in [3.8, 4) is 0 Å². The molecule has 104 valence electrons. The smallest absolute Gasteiger partial charge is 0.123 e. The largest absolute Gasteiger partial charge is 0.362 e. The third kappa shape index (κ3) is 2.29. The molecule has 0 bridgehead atoms. The Balaban J connectivity index is 1.98. The van der Waals surface area contributed by atoms with E-state index in [-0.39, 0.29) is 17.9 Å². The first-order valence-electron chi connectivity index (χ1n) is 7.02. The van der Waals surface area contributed by atoms with Crippen LogP contribution in [0.4, 0.5) is 10.1 Å².